The molecular weight excluding hydrogens is 357 g/mol. The molecule has 0 spiro atoms. The van der Waals surface area contributed by atoms with Crippen molar-refractivity contribution in [2.24, 2.45) is 0 Å². The average molecular weight is 385 g/mol. The summed E-state index contributed by atoms with van der Waals surface area (Å²) in [6, 6.07) is 10.1. The largest absolute Gasteiger partial charge is 0.493 e. The minimum absolute atomic E-state index is 0.00303. The number of carbonyl (C=O) groups excluding carboxylic acids is 1. The zero-order chi connectivity index (χ0) is 20.5. The van der Waals surface area contributed by atoms with Crippen LogP contribution in [-0.2, 0) is 4.74 Å². The maximum atomic E-state index is 14.5. The summed E-state index contributed by atoms with van der Waals surface area (Å²) in [4.78, 5) is 12.7. The maximum absolute atomic E-state index is 14.5. The molecule has 2 aromatic rings. The molecule has 150 valence electrons. The van der Waals surface area contributed by atoms with Crippen LogP contribution < -0.4 is 10.1 Å². The van der Waals surface area contributed by atoms with Gasteiger partial charge in [-0.25, -0.2) is 4.39 Å². The number of nitrogens with one attached hydrogen (secondary N) is 1. The number of halogens is 1. The number of methoxy groups -OCH3 is 1. The molecule has 0 bridgehead atoms. The van der Waals surface area contributed by atoms with E-state index in [0.29, 0.717) is 47.6 Å². The van der Waals surface area contributed by atoms with E-state index in [1.807, 2.05) is 32.9 Å². The number of allylic oxidation sites excluding steroid dienone is 1. The number of rotatable bonds is 9. The van der Waals surface area contributed by atoms with Crippen LogP contribution >= 0.6 is 0 Å². The first-order valence-electron chi connectivity index (χ1n) is 9.46. The van der Waals surface area contributed by atoms with Crippen LogP contribution in [0.4, 0.5) is 4.39 Å². The molecule has 0 aromatic heterocycles. The van der Waals surface area contributed by atoms with Gasteiger partial charge in [-0.3, -0.25) is 4.79 Å². The third-order valence-corrected chi connectivity index (χ3v) is 4.08. The van der Waals surface area contributed by atoms with Gasteiger partial charge in [-0.05, 0) is 44.5 Å². The normalized spacial score (nSPS) is 11.2. The molecule has 1 N–H and O–H groups in total. The molecule has 0 aliphatic heterocycles. The van der Waals surface area contributed by atoms with Gasteiger partial charge in [0.2, 0.25) is 0 Å². The first-order valence-corrected chi connectivity index (χ1v) is 9.46. The molecule has 5 heteroatoms. The van der Waals surface area contributed by atoms with Crippen LogP contribution in [0.25, 0.3) is 17.2 Å². The van der Waals surface area contributed by atoms with Crippen molar-refractivity contribution in [3.63, 3.8) is 0 Å². The van der Waals surface area contributed by atoms with E-state index in [4.69, 9.17) is 9.47 Å². The highest BCUT2D eigenvalue weighted by atomic mass is 19.1. The molecular formula is C23H28FNO3. The van der Waals surface area contributed by atoms with Crippen LogP contribution in [0.2, 0.25) is 0 Å². The summed E-state index contributed by atoms with van der Waals surface area (Å²) in [5.41, 5.74) is 2.26. The SMILES string of the molecule is C/C=C/c1cc(-c2ccccc2F)c(OCCCOC)cc1C(=O)NC(C)C. The van der Waals surface area contributed by atoms with Gasteiger partial charge in [-0.1, -0.05) is 30.4 Å². The van der Waals surface area contributed by atoms with Gasteiger partial charge in [0.05, 0.1) is 12.2 Å². The van der Waals surface area contributed by atoms with Crippen molar-refractivity contribution in [2.75, 3.05) is 20.3 Å². The Balaban J connectivity index is 2.56. The molecule has 0 saturated heterocycles. The summed E-state index contributed by atoms with van der Waals surface area (Å²) in [5, 5.41) is 2.91. The van der Waals surface area contributed by atoms with Crippen LogP contribution in [0.1, 0.15) is 43.1 Å². The standard InChI is InChI=1S/C23H28FNO3/c1-5-9-17-14-20(18-10-6-7-11-21(18)24)22(28-13-8-12-27-4)15-19(17)23(26)25-16(2)3/h5-7,9-11,14-16H,8,12-13H2,1-4H3,(H,25,26)/b9-5+. The molecule has 1 amide bonds. The minimum atomic E-state index is -0.338. The average Bonchev–Trinajstić information content (AvgIpc) is 2.66. The summed E-state index contributed by atoms with van der Waals surface area (Å²) in [6.07, 6.45) is 4.39. The van der Waals surface area contributed by atoms with Gasteiger partial charge in [-0.2, -0.15) is 0 Å². The van der Waals surface area contributed by atoms with E-state index >= 15 is 0 Å². The van der Waals surface area contributed by atoms with Crippen molar-refractivity contribution in [3.05, 3.63) is 59.4 Å². The number of amides is 1. The Bertz CT molecular complexity index is 831. The molecule has 0 fully saturated rings. The fourth-order valence-electron chi connectivity index (χ4n) is 2.85. The molecule has 2 rings (SSSR count). The lowest BCUT2D eigenvalue weighted by Gasteiger charge is -2.17. The maximum Gasteiger partial charge on any atom is 0.252 e. The molecule has 0 unspecified atom stereocenters. The monoisotopic (exact) mass is 385 g/mol. The Kier molecular flexibility index (Phi) is 8.20. The third-order valence-electron chi connectivity index (χ3n) is 4.08. The zero-order valence-corrected chi connectivity index (χ0v) is 16.9. The number of hydrogen-bond donors (Lipinski definition) is 1. The number of hydrogen-bond acceptors (Lipinski definition) is 3. The fourth-order valence-corrected chi connectivity index (χ4v) is 2.85. The fraction of sp³-hybridized carbons (Fsp3) is 0.348. The van der Waals surface area contributed by atoms with Crippen molar-refractivity contribution in [3.8, 4) is 16.9 Å². The Labute approximate surface area is 166 Å². The van der Waals surface area contributed by atoms with Crippen LogP contribution in [0.3, 0.4) is 0 Å². The van der Waals surface area contributed by atoms with E-state index < -0.39 is 0 Å². The van der Waals surface area contributed by atoms with Gasteiger partial charge in [0.1, 0.15) is 11.6 Å². The highest BCUT2D eigenvalue weighted by molar-refractivity contribution is 5.99. The molecule has 0 radical (unpaired) electrons. The van der Waals surface area contributed by atoms with Crippen LogP contribution in [-0.4, -0.2) is 32.3 Å². The molecule has 28 heavy (non-hydrogen) atoms. The zero-order valence-electron chi connectivity index (χ0n) is 16.9. The minimum Gasteiger partial charge on any atom is -0.493 e. The van der Waals surface area contributed by atoms with E-state index in [-0.39, 0.29) is 17.8 Å². The molecule has 0 saturated carbocycles. The van der Waals surface area contributed by atoms with Gasteiger partial charge >= 0.3 is 0 Å². The van der Waals surface area contributed by atoms with Crippen molar-refractivity contribution in [1.82, 2.24) is 5.32 Å². The predicted octanol–water partition coefficient (Wildman–Crippen LogP) is 5.08. The van der Waals surface area contributed by atoms with Gasteiger partial charge in [-0.15, -0.1) is 0 Å². The summed E-state index contributed by atoms with van der Waals surface area (Å²) < 4.78 is 25.5. The van der Waals surface area contributed by atoms with Crippen LogP contribution in [0.15, 0.2) is 42.5 Å². The van der Waals surface area contributed by atoms with E-state index in [9.17, 15) is 9.18 Å². The molecule has 0 aliphatic carbocycles. The van der Waals surface area contributed by atoms with Crippen LogP contribution in [0, 0.1) is 5.82 Å². The number of carbonyl (C=O) groups is 1. The second kappa shape index (κ2) is 10.6. The van der Waals surface area contributed by atoms with E-state index in [0.717, 1.165) is 0 Å². The lowest BCUT2D eigenvalue weighted by molar-refractivity contribution is 0.0942. The van der Waals surface area contributed by atoms with E-state index in [2.05, 4.69) is 5.32 Å². The van der Waals surface area contributed by atoms with Gasteiger partial charge in [0.15, 0.2) is 0 Å². The molecule has 0 atom stereocenters. The summed E-state index contributed by atoms with van der Waals surface area (Å²) in [5.74, 6) is -0.0525. The van der Waals surface area contributed by atoms with Crippen LogP contribution in [0.5, 0.6) is 5.75 Å². The Morgan fingerprint density at radius 3 is 2.57 bits per heavy atom. The first kappa shape index (κ1) is 21.6. The summed E-state index contributed by atoms with van der Waals surface area (Å²) in [6.45, 7) is 6.66. The van der Waals surface area contributed by atoms with Crippen molar-refractivity contribution < 1.29 is 18.7 Å². The molecule has 0 aliphatic rings. The molecule has 2 aromatic carbocycles. The van der Waals surface area contributed by atoms with Gasteiger partial charge in [0, 0.05) is 37.3 Å². The van der Waals surface area contributed by atoms with Crippen molar-refractivity contribution in [1.29, 1.82) is 0 Å². The highest BCUT2D eigenvalue weighted by Crippen LogP contribution is 2.35. The second-order valence-corrected chi connectivity index (χ2v) is 6.74. The van der Waals surface area contributed by atoms with Crippen molar-refractivity contribution >= 4 is 12.0 Å². The number of benzene rings is 2. The van der Waals surface area contributed by atoms with E-state index in [1.54, 1.807) is 37.4 Å². The van der Waals surface area contributed by atoms with Gasteiger partial charge in [0.25, 0.3) is 5.91 Å². The van der Waals surface area contributed by atoms with E-state index in [1.165, 1.54) is 6.07 Å². The summed E-state index contributed by atoms with van der Waals surface area (Å²) in [7, 11) is 1.63. The van der Waals surface area contributed by atoms with Crippen molar-refractivity contribution in [2.45, 2.75) is 33.2 Å². The Morgan fingerprint density at radius 1 is 1.18 bits per heavy atom. The lowest BCUT2D eigenvalue weighted by Crippen LogP contribution is -2.30. The first-order chi connectivity index (χ1) is 13.5. The predicted molar refractivity (Wildman–Crippen MR) is 111 cm³/mol. The summed E-state index contributed by atoms with van der Waals surface area (Å²) >= 11 is 0. The lowest BCUT2D eigenvalue weighted by atomic mass is 9.96. The Morgan fingerprint density at radius 2 is 1.93 bits per heavy atom. The third kappa shape index (κ3) is 5.67. The highest BCUT2D eigenvalue weighted by Gasteiger charge is 2.18. The van der Waals surface area contributed by atoms with Gasteiger partial charge < -0.3 is 14.8 Å². The topological polar surface area (TPSA) is 47.6 Å². The molecule has 4 nitrogen and oxygen atoms in total. The number of ether oxygens (including phenoxy) is 2. The Hall–Kier alpha value is -2.66. The molecule has 0 heterocycles. The quantitative estimate of drug-likeness (QED) is 0.613. The second-order valence-electron chi connectivity index (χ2n) is 6.74. The smallest absolute Gasteiger partial charge is 0.252 e.